The van der Waals surface area contributed by atoms with Gasteiger partial charge in [-0.15, -0.1) is 6.58 Å². The predicted molar refractivity (Wildman–Crippen MR) is 88.2 cm³/mol. The van der Waals surface area contributed by atoms with Crippen molar-refractivity contribution < 1.29 is 14.6 Å². The number of carbonyl (C=O) groups is 1. The fraction of sp³-hybridized carbons (Fsp3) is 0.722. The first kappa shape index (κ1) is 20.1. The molecule has 4 unspecified atom stereocenters. The van der Waals surface area contributed by atoms with Gasteiger partial charge in [0.05, 0.1) is 18.3 Å². The molecule has 0 heterocycles. The second-order valence-corrected chi connectivity index (χ2v) is 6.31. The molecule has 0 spiro atoms. The second kappa shape index (κ2) is 9.91. The van der Waals surface area contributed by atoms with Crippen molar-refractivity contribution >= 4 is 6.29 Å². The Morgan fingerprint density at radius 2 is 2.05 bits per heavy atom. The van der Waals surface area contributed by atoms with Crippen molar-refractivity contribution in [3.63, 3.8) is 0 Å². The maximum Gasteiger partial charge on any atom is 0.126 e. The monoisotopic (exact) mass is 296 g/mol. The number of rotatable bonds is 11. The minimum absolute atomic E-state index is 0.0137. The highest BCUT2D eigenvalue weighted by molar-refractivity contribution is 5.54. The molecule has 4 atom stereocenters. The zero-order valence-electron chi connectivity index (χ0n) is 14.3. The van der Waals surface area contributed by atoms with Gasteiger partial charge in [0.15, 0.2) is 0 Å². The minimum Gasteiger partial charge on any atom is -0.392 e. The zero-order valence-corrected chi connectivity index (χ0v) is 14.3. The van der Waals surface area contributed by atoms with Crippen LogP contribution in [0.15, 0.2) is 24.3 Å². The van der Waals surface area contributed by atoms with Gasteiger partial charge in [0.1, 0.15) is 6.29 Å². The van der Waals surface area contributed by atoms with Gasteiger partial charge in [-0.3, -0.25) is 0 Å². The van der Waals surface area contributed by atoms with Crippen molar-refractivity contribution in [2.45, 2.75) is 65.6 Å². The molecule has 0 aromatic carbocycles. The van der Waals surface area contributed by atoms with E-state index < -0.39 is 11.7 Å². The van der Waals surface area contributed by atoms with Crippen LogP contribution < -0.4 is 0 Å². The standard InChI is InChI=1S/C18H32O3/c1-7-17(20)16(12-19)15(5)13-21-18(6,8-2)11-9-10-14(3)4/h8,10,12,15-17,20H,2,7,9,11,13H2,1,3-6H3. The molecule has 3 nitrogen and oxygen atoms in total. The molecule has 21 heavy (non-hydrogen) atoms. The molecule has 3 heteroatoms. The van der Waals surface area contributed by atoms with E-state index in [1.54, 1.807) is 0 Å². The van der Waals surface area contributed by atoms with Crippen LogP contribution >= 0.6 is 0 Å². The molecule has 0 saturated heterocycles. The average molecular weight is 296 g/mol. The summed E-state index contributed by atoms with van der Waals surface area (Å²) in [5.74, 6) is -0.387. The molecule has 0 aliphatic heterocycles. The number of ether oxygens (including phenoxy) is 1. The van der Waals surface area contributed by atoms with Crippen LogP contribution in [0.1, 0.15) is 53.9 Å². The van der Waals surface area contributed by atoms with Gasteiger partial charge in [0.2, 0.25) is 0 Å². The number of aliphatic hydroxyl groups excluding tert-OH is 1. The fourth-order valence-electron chi connectivity index (χ4n) is 2.19. The van der Waals surface area contributed by atoms with Crippen molar-refractivity contribution in [2.75, 3.05) is 6.61 Å². The molecule has 0 saturated carbocycles. The van der Waals surface area contributed by atoms with Crippen LogP contribution in [-0.4, -0.2) is 29.7 Å². The van der Waals surface area contributed by atoms with Crippen LogP contribution in [0.25, 0.3) is 0 Å². The number of hydrogen-bond donors (Lipinski definition) is 1. The Morgan fingerprint density at radius 3 is 2.48 bits per heavy atom. The number of aliphatic hydroxyl groups is 1. The molecule has 0 aliphatic carbocycles. The molecule has 122 valence electrons. The first-order valence-corrected chi connectivity index (χ1v) is 7.84. The zero-order chi connectivity index (χ0) is 16.5. The van der Waals surface area contributed by atoms with E-state index in [1.807, 2.05) is 26.8 Å². The van der Waals surface area contributed by atoms with Gasteiger partial charge in [0.25, 0.3) is 0 Å². The van der Waals surface area contributed by atoms with Crippen molar-refractivity contribution in [3.05, 3.63) is 24.3 Å². The van der Waals surface area contributed by atoms with E-state index in [0.717, 1.165) is 19.1 Å². The van der Waals surface area contributed by atoms with Gasteiger partial charge in [-0.1, -0.05) is 31.6 Å². The maximum absolute atomic E-state index is 11.1. The second-order valence-electron chi connectivity index (χ2n) is 6.31. The first-order chi connectivity index (χ1) is 9.79. The van der Waals surface area contributed by atoms with Crippen LogP contribution in [-0.2, 0) is 9.53 Å². The van der Waals surface area contributed by atoms with E-state index in [-0.39, 0.29) is 11.8 Å². The van der Waals surface area contributed by atoms with Crippen LogP contribution in [0.2, 0.25) is 0 Å². The Bertz CT molecular complexity index is 344. The Labute approximate surface area is 130 Å². The summed E-state index contributed by atoms with van der Waals surface area (Å²) in [6, 6.07) is 0. The summed E-state index contributed by atoms with van der Waals surface area (Å²) in [7, 11) is 0. The lowest BCUT2D eigenvalue weighted by atomic mass is 9.89. The summed E-state index contributed by atoms with van der Waals surface area (Å²) in [6.45, 7) is 14.3. The molecule has 0 aromatic rings. The Kier molecular flexibility index (Phi) is 9.47. The van der Waals surface area contributed by atoms with Gasteiger partial charge in [-0.05, 0) is 46.0 Å². The summed E-state index contributed by atoms with van der Waals surface area (Å²) in [6.07, 6.45) is 6.63. The molecule has 0 aliphatic rings. The molecule has 0 rings (SSSR count). The topological polar surface area (TPSA) is 46.5 Å². The Balaban J connectivity index is 4.52. The highest BCUT2D eigenvalue weighted by Crippen LogP contribution is 2.24. The van der Waals surface area contributed by atoms with E-state index in [4.69, 9.17) is 4.74 Å². The Morgan fingerprint density at radius 1 is 1.43 bits per heavy atom. The molecule has 0 fully saturated rings. The highest BCUT2D eigenvalue weighted by atomic mass is 16.5. The van der Waals surface area contributed by atoms with Crippen LogP contribution in [0, 0.1) is 11.8 Å². The smallest absolute Gasteiger partial charge is 0.126 e. The largest absolute Gasteiger partial charge is 0.392 e. The minimum atomic E-state index is -0.596. The summed E-state index contributed by atoms with van der Waals surface area (Å²) < 4.78 is 5.98. The van der Waals surface area contributed by atoms with Gasteiger partial charge in [-0.2, -0.15) is 0 Å². The van der Waals surface area contributed by atoms with Gasteiger partial charge in [-0.25, -0.2) is 0 Å². The summed E-state index contributed by atoms with van der Waals surface area (Å²) in [5, 5.41) is 9.86. The molecule has 0 bridgehead atoms. The first-order valence-electron chi connectivity index (χ1n) is 7.84. The maximum atomic E-state index is 11.1. The Hall–Kier alpha value is -0.930. The normalized spacial score (nSPS) is 18.2. The van der Waals surface area contributed by atoms with Crippen molar-refractivity contribution in [1.82, 2.24) is 0 Å². The van der Waals surface area contributed by atoms with Crippen LogP contribution in [0.5, 0.6) is 0 Å². The van der Waals surface area contributed by atoms with E-state index >= 15 is 0 Å². The van der Waals surface area contributed by atoms with Crippen molar-refractivity contribution in [1.29, 1.82) is 0 Å². The van der Waals surface area contributed by atoms with E-state index in [2.05, 4.69) is 26.5 Å². The van der Waals surface area contributed by atoms with Gasteiger partial charge < -0.3 is 14.6 Å². The summed E-state index contributed by atoms with van der Waals surface area (Å²) in [5.41, 5.74) is 0.895. The predicted octanol–water partition coefficient (Wildman–Crippen LogP) is 3.92. The molecule has 0 amide bonds. The van der Waals surface area contributed by atoms with Gasteiger partial charge >= 0.3 is 0 Å². The third kappa shape index (κ3) is 7.58. The van der Waals surface area contributed by atoms with E-state index in [1.165, 1.54) is 5.57 Å². The molecule has 0 aromatic heterocycles. The third-order valence-electron chi connectivity index (χ3n) is 3.98. The average Bonchev–Trinajstić information content (AvgIpc) is 2.45. The lowest BCUT2D eigenvalue weighted by Crippen LogP contribution is -2.34. The van der Waals surface area contributed by atoms with E-state index in [9.17, 15) is 9.90 Å². The molecular formula is C18H32O3. The lowest BCUT2D eigenvalue weighted by molar-refractivity contribution is -0.119. The number of hydrogen-bond acceptors (Lipinski definition) is 3. The quantitative estimate of drug-likeness (QED) is 0.464. The van der Waals surface area contributed by atoms with Crippen LogP contribution in [0.4, 0.5) is 0 Å². The highest BCUT2D eigenvalue weighted by Gasteiger charge is 2.27. The lowest BCUT2D eigenvalue weighted by Gasteiger charge is -2.30. The summed E-state index contributed by atoms with van der Waals surface area (Å²) >= 11 is 0. The third-order valence-corrected chi connectivity index (χ3v) is 3.98. The SMILES string of the molecule is C=CC(C)(CCC=C(C)C)OCC(C)C(C=O)C(O)CC. The van der Waals surface area contributed by atoms with Crippen LogP contribution in [0.3, 0.4) is 0 Å². The molecule has 0 radical (unpaired) electrons. The fourth-order valence-corrected chi connectivity index (χ4v) is 2.19. The number of aldehydes is 1. The molecular weight excluding hydrogens is 264 g/mol. The number of carbonyl (C=O) groups excluding carboxylic acids is 1. The molecule has 1 N–H and O–H groups in total. The van der Waals surface area contributed by atoms with Gasteiger partial charge in [0, 0.05) is 5.92 Å². The number of allylic oxidation sites excluding steroid dienone is 2. The summed E-state index contributed by atoms with van der Waals surface area (Å²) in [4.78, 5) is 11.1. The van der Waals surface area contributed by atoms with Crippen molar-refractivity contribution in [2.24, 2.45) is 11.8 Å². The van der Waals surface area contributed by atoms with Crippen molar-refractivity contribution in [3.8, 4) is 0 Å². The van der Waals surface area contributed by atoms with E-state index in [0.29, 0.717) is 13.0 Å².